The highest BCUT2D eigenvalue weighted by molar-refractivity contribution is 9.10. The van der Waals surface area contributed by atoms with Gasteiger partial charge in [0.25, 0.3) is 5.91 Å². The molecule has 0 saturated heterocycles. The summed E-state index contributed by atoms with van der Waals surface area (Å²) in [5, 5.41) is 3.99. The summed E-state index contributed by atoms with van der Waals surface area (Å²) < 4.78 is 21.6. The number of amides is 1. The predicted molar refractivity (Wildman–Crippen MR) is 115 cm³/mol. The Labute approximate surface area is 183 Å². The number of methoxy groups -OCH3 is 1. The zero-order valence-corrected chi connectivity index (χ0v) is 18.5. The van der Waals surface area contributed by atoms with Gasteiger partial charge >= 0.3 is 5.97 Å². The van der Waals surface area contributed by atoms with E-state index in [0.29, 0.717) is 46.1 Å². The number of carbonyl (C=O) groups excluding carboxylic acids is 2. The zero-order valence-electron chi connectivity index (χ0n) is 16.9. The van der Waals surface area contributed by atoms with Crippen LogP contribution in [0.4, 0.5) is 0 Å². The van der Waals surface area contributed by atoms with Crippen molar-refractivity contribution in [2.75, 3.05) is 26.9 Å². The van der Waals surface area contributed by atoms with Crippen molar-refractivity contribution in [1.82, 2.24) is 5.43 Å². The molecular formula is C21H23BrN2O6. The smallest absolute Gasteiger partial charge is 0.343 e. The van der Waals surface area contributed by atoms with Gasteiger partial charge in [0, 0.05) is 5.56 Å². The third-order valence-corrected chi connectivity index (χ3v) is 4.29. The summed E-state index contributed by atoms with van der Waals surface area (Å²) in [7, 11) is 1.28. The van der Waals surface area contributed by atoms with Crippen LogP contribution in [0.1, 0.15) is 29.8 Å². The minimum atomic E-state index is -0.507. The maximum atomic E-state index is 12.2. The molecule has 0 atom stereocenters. The van der Waals surface area contributed by atoms with E-state index in [0.717, 1.165) is 0 Å². The molecule has 1 N–H and O–H groups in total. The summed E-state index contributed by atoms with van der Waals surface area (Å²) in [6, 6.07) is 10.2. The molecule has 0 bridgehead atoms. The molecular weight excluding hydrogens is 456 g/mol. The normalized spacial score (nSPS) is 10.5. The number of nitrogens with zero attached hydrogens (tertiary/aromatic N) is 1. The molecule has 2 aromatic rings. The van der Waals surface area contributed by atoms with Gasteiger partial charge in [-0.3, -0.25) is 4.79 Å². The summed E-state index contributed by atoms with van der Waals surface area (Å²) >= 11 is 3.40. The molecule has 0 unspecified atom stereocenters. The van der Waals surface area contributed by atoms with Gasteiger partial charge in [0.2, 0.25) is 0 Å². The molecule has 2 rings (SSSR count). The second-order valence-corrected chi connectivity index (χ2v) is 6.64. The van der Waals surface area contributed by atoms with Gasteiger partial charge in [-0.1, -0.05) is 0 Å². The van der Waals surface area contributed by atoms with Gasteiger partial charge in [0.05, 0.1) is 31.0 Å². The Morgan fingerprint density at radius 2 is 1.77 bits per heavy atom. The molecule has 1 amide bonds. The van der Waals surface area contributed by atoms with E-state index >= 15 is 0 Å². The number of rotatable bonds is 10. The van der Waals surface area contributed by atoms with Crippen LogP contribution in [0.2, 0.25) is 0 Å². The van der Waals surface area contributed by atoms with Crippen LogP contribution in [0, 0.1) is 0 Å². The van der Waals surface area contributed by atoms with Crippen LogP contribution in [-0.2, 0) is 9.53 Å². The Balaban J connectivity index is 2.08. The summed E-state index contributed by atoms with van der Waals surface area (Å²) in [6.45, 7) is 4.43. The first-order valence-corrected chi connectivity index (χ1v) is 10.00. The van der Waals surface area contributed by atoms with Crippen LogP contribution in [-0.4, -0.2) is 45.0 Å². The molecule has 8 nitrogen and oxygen atoms in total. The summed E-state index contributed by atoms with van der Waals surface area (Å²) in [6.07, 6.45) is 1.48. The number of nitrogens with one attached hydrogen (secondary N) is 1. The number of halogens is 1. The molecule has 0 aliphatic rings. The lowest BCUT2D eigenvalue weighted by Crippen LogP contribution is -2.17. The molecule has 2 aromatic carbocycles. The van der Waals surface area contributed by atoms with Crippen LogP contribution in [0.3, 0.4) is 0 Å². The Morgan fingerprint density at radius 3 is 2.40 bits per heavy atom. The highest BCUT2D eigenvalue weighted by atomic mass is 79.9. The molecule has 0 saturated carbocycles. The largest absolute Gasteiger partial charge is 0.494 e. The second kappa shape index (κ2) is 11.8. The predicted octanol–water partition coefficient (Wildman–Crippen LogP) is 3.56. The number of esters is 1. The van der Waals surface area contributed by atoms with Crippen molar-refractivity contribution in [3.8, 4) is 17.2 Å². The number of hydrogen-bond acceptors (Lipinski definition) is 7. The number of benzene rings is 2. The van der Waals surface area contributed by atoms with Crippen molar-refractivity contribution in [1.29, 1.82) is 0 Å². The van der Waals surface area contributed by atoms with E-state index < -0.39 is 5.97 Å². The van der Waals surface area contributed by atoms with Gasteiger partial charge in [-0.2, -0.15) is 5.10 Å². The lowest BCUT2D eigenvalue weighted by atomic mass is 10.2. The SMILES string of the molecule is CCOc1ccc(C(=O)N/N=C/c2cc(Br)c(OCC(=O)OC)c(OCC)c2)cc1. The molecule has 30 heavy (non-hydrogen) atoms. The third-order valence-electron chi connectivity index (χ3n) is 3.70. The summed E-state index contributed by atoms with van der Waals surface area (Å²) in [4.78, 5) is 23.5. The van der Waals surface area contributed by atoms with Crippen molar-refractivity contribution in [3.63, 3.8) is 0 Å². The zero-order chi connectivity index (χ0) is 21.9. The molecule has 0 heterocycles. The molecule has 160 valence electrons. The quantitative estimate of drug-likeness (QED) is 0.318. The first-order chi connectivity index (χ1) is 14.5. The van der Waals surface area contributed by atoms with Crippen LogP contribution in [0.5, 0.6) is 17.2 Å². The average molecular weight is 479 g/mol. The maximum absolute atomic E-state index is 12.2. The Morgan fingerprint density at radius 1 is 1.07 bits per heavy atom. The van der Waals surface area contributed by atoms with E-state index in [-0.39, 0.29) is 12.5 Å². The first-order valence-electron chi connectivity index (χ1n) is 9.20. The van der Waals surface area contributed by atoms with E-state index in [1.54, 1.807) is 36.4 Å². The van der Waals surface area contributed by atoms with Crippen LogP contribution >= 0.6 is 15.9 Å². The van der Waals surface area contributed by atoms with Gasteiger partial charge in [-0.25, -0.2) is 10.2 Å². The van der Waals surface area contributed by atoms with Gasteiger partial charge in [-0.05, 0) is 71.7 Å². The second-order valence-electron chi connectivity index (χ2n) is 5.78. The van der Waals surface area contributed by atoms with Crippen molar-refractivity contribution >= 4 is 34.0 Å². The van der Waals surface area contributed by atoms with Gasteiger partial charge < -0.3 is 18.9 Å². The third kappa shape index (κ3) is 6.77. The molecule has 0 spiro atoms. The van der Waals surface area contributed by atoms with E-state index in [2.05, 4.69) is 31.2 Å². The average Bonchev–Trinajstić information content (AvgIpc) is 2.74. The van der Waals surface area contributed by atoms with Gasteiger partial charge in [0.1, 0.15) is 5.75 Å². The maximum Gasteiger partial charge on any atom is 0.343 e. The molecule has 0 radical (unpaired) electrons. The molecule has 0 aliphatic heterocycles. The highest BCUT2D eigenvalue weighted by Gasteiger charge is 2.14. The van der Waals surface area contributed by atoms with E-state index in [1.807, 2.05) is 13.8 Å². The number of ether oxygens (including phenoxy) is 4. The fraction of sp³-hybridized carbons (Fsp3) is 0.286. The first kappa shape index (κ1) is 23.2. The topological polar surface area (TPSA) is 95.5 Å². The van der Waals surface area contributed by atoms with Gasteiger partial charge in [-0.15, -0.1) is 0 Å². The Kier molecular flexibility index (Phi) is 9.14. The molecule has 0 aliphatic carbocycles. The fourth-order valence-corrected chi connectivity index (χ4v) is 2.93. The van der Waals surface area contributed by atoms with Gasteiger partial charge in [0.15, 0.2) is 18.1 Å². The van der Waals surface area contributed by atoms with Crippen molar-refractivity contribution in [2.45, 2.75) is 13.8 Å². The standard InChI is InChI=1S/C21H23BrN2O6/c1-4-28-16-8-6-15(7-9-16)21(26)24-23-12-14-10-17(22)20(18(11-14)29-5-2)30-13-19(25)27-3/h6-12H,4-5,13H2,1-3H3,(H,24,26)/b23-12+. The molecule has 0 aromatic heterocycles. The minimum Gasteiger partial charge on any atom is -0.494 e. The van der Waals surface area contributed by atoms with Crippen LogP contribution < -0.4 is 19.6 Å². The van der Waals surface area contributed by atoms with Crippen LogP contribution in [0.15, 0.2) is 46.0 Å². The highest BCUT2D eigenvalue weighted by Crippen LogP contribution is 2.36. The monoisotopic (exact) mass is 478 g/mol. The van der Waals surface area contributed by atoms with E-state index in [4.69, 9.17) is 14.2 Å². The Bertz CT molecular complexity index is 899. The number of hydrazone groups is 1. The minimum absolute atomic E-state index is 0.249. The summed E-state index contributed by atoms with van der Waals surface area (Å²) in [5.41, 5.74) is 3.59. The number of hydrogen-bond donors (Lipinski definition) is 1. The molecule has 0 fully saturated rings. The van der Waals surface area contributed by atoms with Crippen molar-refractivity contribution < 1.29 is 28.5 Å². The lowest BCUT2D eigenvalue weighted by molar-refractivity contribution is -0.142. The summed E-state index contributed by atoms with van der Waals surface area (Å²) in [5.74, 6) is 0.636. The van der Waals surface area contributed by atoms with E-state index in [1.165, 1.54) is 13.3 Å². The number of carbonyl (C=O) groups is 2. The van der Waals surface area contributed by atoms with E-state index in [9.17, 15) is 9.59 Å². The fourth-order valence-electron chi connectivity index (χ4n) is 2.35. The Hall–Kier alpha value is -3.07. The molecule has 9 heteroatoms. The van der Waals surface area contributed by atoms with Crippen molar-refractivity contribution in [3.05, 3.63) is 52.0 Å². The van der Waals surface area contributed by atoms with Crippen LogP contribution in [0.25, 0.3) is 0 Å². The lowest BCUT2D eigenvalue weighted by Gasteiger charge is -2.13. The van der Waals surface area contributed by atoms with Crippen molar-refractivity contribution in [2.24, 2.45) is 5.10 Å².